The third kappa shape index (κ3) is 5.55. The zero-order chi connectivity index (χ0) is 17.2. The van der Waals surface area contributed by atoms with Gasteiger partial charge in [0, 0.05) is 35.5 Å². The molecule has 1 unspecified atom stereocenters. The first kappa shape index (κ1) is 17.7. The molecule has 0 saturated heterocycles. The molecule has 0 spiro atoms. The molecular formula is C21H22FNO. The fourth-order valence-corrected chi connectivity index (χ4v) is 2.27. The van der Waals surface area contributed by atoms with E-state index in [0.29, 0.717) is 19.4 Å². The summed E-state index contributed by atoms with van der Waals surface area (Å²) in [6.07, 6.45) is 6.53. The van der Waals surface area contributed by atoms with Crippen LogP contribution in [0.2, 0.25) is 0 Å². The van der Waals surface area contributed by atoms with Gasteiger partial charge in [-0.1, -0.05) is 30.6 Å². The van der Waals surface area contributed by atoms with Gasteiger partial charge in [-0.25, -0.2) is 4.39 Å². The van der Waals surface area contributed by atoms with E-state index in [0.717, 1.165) is 28.9 Å². The number of halogens is 1. The molecule has 2 rings (SSSR count). The fraction of sp³-hybridized carbons (Fsp3) is 0.286. The summed E-state index contributed by atoms with van der Waals surface area (Å²) in [6, 6.07) is 9.77. The lowest BCUT2D eigenvalue weighted by Crippen LogP contribution is -1.96. The monoisotopic (exact) mass is 323 g/mol. The molecule has 0 saturated carbocycles. The minimum absolute atomic E-state index is 0.429. The van der Waals surface area contributed by atoms with Crippen molar-refractivity contribution in [3.8, 4) is 28.7 Å². The Morgan fingerprint density at radius 1 is 1.38 bits per heavy atom. The number of ether oxygens (including phenoxy) is 1. The lowest BCUT2D eigenvalue weighted by molar-refractivity contribution is 0.336. The molecule has 0 aliphatic carbocycles. The second-order valence-electron chi connectivity index (χ2n) is 5.53. The summed E-state index contributed by atoms with van der Waals surface area (Å²) in [7, 11) is 0. The lowest BCUT2D eigenvalue weighted by atomic mass is 10.0. The lowest BCUT2D eigenvalue weighted by Gasteiger charge is -2.10. The number of alkyl halides is 1. The van der Waals surface area contributed by atoms with Crippen molar-refractivity contribution in [3.63, 3.8) is 0 Å². The fourth-order valence-electron chi connectivity index (χ4n) is 2.27. The largest absolute Gasteiger partial charge is 0.489 e. The minimum atomic E-state index is -0.760. The van der Waals surface area contributed by atoms with Crippen LogP contribution in [0.3, 0.4) is 0 Å². The highest BCUT2D eigenvalue weighted by atomic mass is 19.1. The van der Waals surface area contributed by atoms with Crippen LogP contribution in [0.4, 0.5) is 4.39 Å². The van der Waals surface area contributed by atoms with Gasteiger partial charge in [0.15, 0.2) is 0 Å². The van der Waals surface area contributed by atoms with Crippen molar-refractivity contribution in [3.05, 3.63) is 60.9 Å². The summed E-state index contributed by atoms with van der Waals surface area (Å²) in [5, 5.41) is 0. The van der Waals surface area contributed by atoms with Gasteiger partial charge >= 0.3 is 0 Å². The number of unbranched alkanes of at least 4 members (excludes halogenated alkanes) is 1. The molecule has 0 aliphatic heterocycles. The molecule has 0 N–H and O–H groups in total. The molecule has 124 valence electrons. The van der Waals surface area contributed by atoms with Crippen LogP contribution in [0.15, 0.2) is 55.4 Å². The van der Waals surface area contributed by atoms with Crippen molar-refractivity contribution < 1.29 is 9.13 Å². The van der Waals surface area contributed by atoms with Crippen LogP contribution in [0, 0.1) is 11.8 Å². The third-order valence-electron chi connectivity index (χ3n) is 3.45. The Morgan fingerprint density at radius 2 is 2.25 bits per heavy atom. The molecule has 0 radical (unpaired) electrons. The van der Waals surface area contributed by atoms with Gasteiger partial charge in [0.05, 0.1) is 6.17 Å². The van der Waals surface area contributed by atoms with Crippen LogP contribution in [-0.2, 0) is 0 Å². The van der Waals surface area contributed by atoms with E-state index in [2.05, 4.69) is 23.4 Å². The van der Waals surface area contributed by atoms with Gasteiger partial charge in [0.2, 0.25) is 0 Å². The SMILES string of the molecule is C=CCOc1cc(C#CCCCC(C)F)ccc1-c1cccnc1. The van der Waals surface area contributed by atoms with E-state index in [4.69, 9.17) is 4.74 Å². The number of aromatic nitrogens is 1. The number of rotatable bonds is 7. The van der Waals surface area contributed by atoms with Crippen LogP contribution >= 0.6 is 0 Å². The summed E-state index contributed by atoms with van der Waals surface area (Å²) < 4.78 is 18.5. The minimum Gasteiger partial charge on any atom is -0.489 e. The molecule has 2 nitrogen and oxygen atoms in total. The van der Waals surface area contributed by atoms with E-state index in [9.17, 15) is 4.39 Å². The predicted molar refractivity (Wildman–Crippen MR) is 96.7 cm³/mol. The molecule has 3 heteroatoms. The molecular weight excluding hydrogens is 301 g/mol. The van der Waals surface area contributed by atoms with Crippen molar-refractivity contribution >= 4 is 0 Å². The van der Waals surface area contributed by atoms with Crippen LogP contribution in [0.1, 0.15) is 31.7 Å². The molecule has 0 amide bonds. The van der Waals surface area contributed by atoms with Crippen molar-refractivity contribution in [1.82, 2.24) is 4.98 Å². The van der Waals surface area contributed by atoms with Gasteiger partial charge in [-0.05, 0) is 44.0 Å². The molecule has 1 atom stereocenters. The van der Waals surface area contributed by atoms with Gasteiger partial charge in [-0.3, -0.25) is 4.98 Å². The first-order valence-corrected chi connectivity index (χ1v) is 8.12. The van der Waals surface area contributed by atoms with Gasteiger partial charge in [-0.15, -0.1) is 0 Å². The summed E-state index contributed by atoms with van der Waals surface area (Å²) in [4.78, 5) is 4.15. The number of hydrogen-bond donors (Lipinski definition) is 0. The smallest absolute Gasteiger partial charge is 0.128 e. The van der Waals surface area contributed by atoms with E-state index >= 15 is 0 Å². The third-order valence-corrected chi connectivity index (χ3v) is 3.45. The molecule has 2 aromatic rings. The number of pyridine rings is 1. The maximum Gasteiger partial charge on any atom is 0.128 e. The summed E-state index contributed by atoms with van der Waals surface area (Å²) in [6.45, 7) is 5.70. The van der Waals surface area contributed by atoms with E-state index in [1.807, 2.05) is 30.3 Å². The van der Waals surface area contributed by atoms with Gasteiger partial charge in [0.25, 0.3) is 0 Å². The van der Waals surface area contributed by atoms with Crippen LogP contribution in [0.5, 0.6) is 5.75 Å². The molecule has 0 aliphatic rings. The first-order valence-electron chi connectivity index (χ1n) is 8.12. The predicted octanol–water partition coefficient (Wildman–Crippen LogP) is 5.19. The Labute approximate surface area is 143 Å². The van der Waals surface area contributed by atoms with E-state index in [1.54, 1.807) is 25.4 Å². The Bertz CT molecular complexity index is 714. The van der Waals surface area contributed by atoms with Crippen molar-refractivity contribution in [2.24, 2.45) is 0 Å². The zero-order valence-electron chi connectivity index (χ0n) is 14.0. The maximum atomic E-state index is 12.8. The molecule has 0 bridgehead atoms. The Hall–Kier alpha value is -2.60. The standard InChI is InChI=1S/C21H22FNO/c1-3-14-24-21-15-18(9-6-4-5-8-17(2)22)11-12-20(21)19-10-7-13-23-16-19/h3,7,10-13,15-17H,1,4-5,8,14H2,2H3. The molecule has 24 heavy (non-hydrogen) atoms. The van der Waals surface area contributed by atoms with Crippen molar-refractivity contribution in [2.75, 3.05) is 6.61 Å². The van der Waals surface area contributed by atoms with Gasteiger partial charge in [0.1, 0.15) is 12.4 Å². The normalized spacial score (nSPS) is 11.2. The van der Waals surface area contributed by atoms with Crippen molar-refractivity contribution in [1.29, 1.82) is 0 Å². The molecule has 1 aromatic heterocycles. The van der Waals surface area contributed by atoms with E-state index in [-0.39, 0.29) is 0 Å². The highest BCUT2D eigenvalue weighted by Crippen LogP contribution is 2.30. The topological polar surface area (TPSA) is 22.1 Å². The second-order valence-corrected chi connectivity index (χ2v) is 5.53. The van der Waals surface area contributed by atoms with Gasteiger partial charge < -0.3 is 4.74 Å². The molecule has 0 fully saturated rings. The molecule has 1 heterocycles. The Balaban J connectivity index is 2.17. The number of hydrogen-bond acceptors (Lipinski definition) is 2. The Morgan fingerprint density at radius 3 is 2.96 bits per heavy atom. The Kier molecular flexibility index (Phi) is 7.04. The average molecular weight is 323 g/mol. The van der Waals surface area contributed by atoms with Crippen LogP contribution in [-0.4, -0.2) is 17.8 Å². The second kappa shape index (κ2) is 9.52. The van der Waals surface area contributed by atoms with Crippen LogP contribution in [0.25, 0.3) is 11.1 Å². The number of nitrogens with zero attached hydrogens (tertiary/aromatic N) is 1. The maximum absolute atomic E-state index is 12.8. The average Bonchev–Trinajstić information content (AvgIpc) is 2.60. The zero-order valence-corrected chi connectivity index (χ0v) is 14.0. The van der Waals surface area contributed by atoms with Crippen LogP contribution < -0.4 is 4.74 Å². The molecule has 1 aromatic carbocycles. The highest BCUT2D eigenvalue weighted by molar-refractivity contribution is 5.71. The summed E-state index contributed by atoms with van der Waals surface area (Å²) in [5.41, 5.74) is 2.85. The van der Waals surface area contributed by atoms with Crippen molar-refractivity contribution in [2.45, 2.75) is 32.4 Å². The summed E-state index contributed by atoms with van der Waals surface area (Å²) >= 11 is 0. The quantitative estimate of drug-likeness (QED) is 0.397. The highest BCUT2D eigenvalue weighted by Gasteiger charge is 2.07. The number of benzene rings is 1. The summed E-state index contributed by atoms with van der Waals surface area (Å²) in [5.74, 6) is 6.97. The van der Waals surface area contributed by atoms with Gasteiger partial charge in [-0.2, -0.15) is 0 Å². The first-order chi connectivity index (χ1) is 11.7. The van der Waals surface area contributed by atoms with E-state index < -0.39 is 6.17 Å². The van der Waals surface area contributed by atoms with E-state index in [1.165, 1.54) is 0 Å².